The molecule has 1 fully saturated rings. The van der Waals surface area contributed by atoms with Crippen LogP contribution in [0, 0.1) is 19.8 Å². The number of benzene rings is 1. The van der Waals surface area contributed by atoms with Gasteiger partial charge in [0.1, 0.15) is 0 Å². The Hall–Kier alpha value is -2.89. The minimum atomic E-state index is -0.314. The molecule has 178 valence electrons. The number of esters is 1. The second-order valence-corrected chi connectivity index (χ2v) is 9.06. The van der Waals surface area contributed by atoms with Gasteiger partial charge < -0.3 is 14.5 Å². The molecular weight excluding hydrogens is 416 g/mol. The summed E-state index contributed by atoms with van der Waals surface area (Å²) in [5.74, 6) is 0.0170. The molecule has 2 aliphatic rings. The summed E-state index contributed by atoms with van der Waals surface area (Å²) in [5.41, 5.74) is 4.07. The van der Waals surface area contributed by atoms with Crippen LogP contribution in [0.1, 0.15) is 66.1 Å². The van der Waals surface area contributed by atoms with Crippen molar-refractivity contribution in [3.8, 4) is 0 Å². The Kier molecular flexibility index (Phi) is 9.28. The zero-order valence-electron chi connectivity index (χ0n) is 20.1. The van der Waals surface area contributed by atoms with Crippen LogP contribution in [0.5, 0.6) is 0 Å². The summed E-state index contributed by atoms with van der Waals surface area (Å²) in [7, 11) is 0. The normalized spacial score (nSPS) is 23.2. The topological polar surface area (TPSA) is 68.2 Å². The Bertz CT molecular complexity index is 926. The SMILES string of the molecule is Cc1cc(C)c2c(c1)CC(=N\OCC(=O)N1CCCCC1)/C=C/CC(C)/C=C/CCOC2=O. The third-order valence-corrected chi connectivity index (χ3v) is 6.02. The number of fused-ring (bicyclic) bond motifs is 1. The highest BCUT2D eigenvalue weighted by molar-refractivity contribution is 6.00. The van der Waals surface area contributed by atoms with Gasteiger partial charge in [-0.05, 0) is 69.1 Å². The van der Waals surface area contributed by atoms with E-state index >= 15 is 0 Å². The number of rotatable bonds is 3. The highest BCUT2D eigenvalue weighted by Gasteiger charge is 2.19. The first-order valence-electron chi connectivity index (χ1n) is 12.0. The van der Waals surface area contributed by atoms with Gasteiger partial charge in [-0.3, -0.25) is 4.79 Å². The summed E-state index contributed by atoms with van der Waals surface area (Å²) in [6.07, 6.45) is 13.5. The fraction of sp³-hybridized carbons (Fsp3) is 0.519. The third kappa shape index (κ3) is 7.58. The number of nitrogens with zero attached hydrogens (tertiary/aromatic N) is 2. The molecule has 0 radical (unpaired) electrons. The number of ether oxygens (including phenoxy) is 1. The molecule has 0 aromatic heterocycles. The largest absolute Gasteiger partial charge is 0.462 e. The highest BCUT2D eigenvalue weighted by atomic mass is 16.6. The molecular formula is C27H36N2O4. The van der Waals surface area contributed by atoms with Crippen LogP contribution in [0.3, 0.4) is 0 Å². The number of cyclic esters (lactones) is 1. The van der Waals surface area contributed by atoms with E-state index in [1.54, 1.807) is 0 Å². The van der Waals surface area contributed by atoms with Gasteiger partial charge in [-0.1, -0.05) is 48.0 Å². The van der Waals surface area contributed by atoms with E-state index in [9.17, 15) is 9.59 Å². The van der Waals surface area contributed by atoms with Crippen molar-refractivity contribution in [1.29, 1.82) is 0 Å². The van der Waals surface area contributed by atoms with E-state index in [2.05, 4.69) is 30.3 Å². The lowest BCUT2D eigenvalue weighted by molar-refractivity contribution is -0.137. The first-order valence-corrected chi connectivity index (χ1v) is 12.0. The van der Waals surface area contributed by atoms with Crippen molar-refractivity contribution >= 4 is 17.6 Å². The van der Waals surface area contributed by atoms with Crippen LogP contribution in [0.15, 0.2) is 41.6 Å². The standard InChI is InChI=1S/C27H36N2O4/c1-20-10-5-8-15-32-27(31)26-22(3)16-21(2)17-23(26)18-24(12-9-11-20)28-33-19-25(30)29-13-6-4-7-14-29/h5,9-10,12,16-17,20H,4,6-8,11,13-15,18-19H2,1-3H3/b10-5+,12-9+,28-24-. The van der Waals surface area contributed by atoms with Crippen molar-refractivity contribution in [2.75, 3.05) is 26.3 Å². The lowest BCUT2D eigenvalue weighted by Crippen LogP contribution is -2.37. The number of likely N-dealkylation sites (tertiary alicyclic amines) is 1. The summed E-state index contributed by atoms with van der Waals surface area (Å²) in [5, 5.41) is 4.31. The summed E-state index contributed by atoms with van der Waals surface area (Å²) >= 11 is 0. The second kappa shape index (κ2) is 12.4. The molecule has 0 spiro atoms. The molecule has 0 bridgehead atoms. The molecule has 6 heteroatoms. The Morgan fingerprint density at radius 1 is 1.18 bits per heavy atom. The van der Waals surface area contributed by atoms with Crippen LogP contribution >= 0.6 is 0 Å². The molecule has 3 rings (SSSR count). The fourth-order valence-corrected chi connectivity index (χ4v) is 4.33. The number of aryl methyl sites for hydroxylation is 2. The van der Waals surface area contributed by atoms with E-state index in [1.165, 1.54) is 6.42 Å². The monoisotopic (exact) mass is 452 g/mol. The van der Waals surface area contributed by atoms with E-state index < -0.39 is 0 Å². The first kappa shape index (κ1) is 24.7. The number of hydrogen-bond acceptors (Lipinski definition) is 5. The number of amides is 1. The smallest absolute Gasteiger partial charge is 0.338 e. The van der Waals surface area contributed by atoms with Crippen molar-refractivity contribution in [1.82, 2.24) is 4.90 Å². The molecule has 1 amide bonds. The molecule has 1 aromatic carbocycles. The van der Waals surface area contributed by atoms with Gasteiger partial charge in [-0.25, -0.2) is 4.79 Å². The molecule has 1 aromatic rings. The van der Waals surface area contributed by atoms with Crippen LogP contribution in [-0.4, -0.2) is 48.8 Å². The Morgan fingerprint density at radius 2 is 1.97 bits per heavy atom. The van der Waals surface area contributed by atoms with Crippen molar-refractivity contribution < 1.29 is 19.2 Å². The zero-order chi connectivity index (χ0) is 23.6. The minimum absolute atomic E-state index is 0.0293. The van der Waals surface area contributed by atoms with Gasteiger partial charge in [0.2, 0.25) is 0 Å². The molecule has 1 saturated heterocycles. The van der Waals surface area contributed by atoms with Crippen LogP contribution in [-0.2, 0) is 20.8 Å². The van der Waals surface area contributed by atoms with Crippen LogP contribution < -0.4 is 0 Å². The molecule has 33 heavy (non-hydrogen) atoms. The second-order valence-electron chi connectivity index (χ2n) is 9.06. The number of carbonyl (C=O) groups excluding carboxylic acids is 2. The molecule has 2 heterocycles. The predicted octanol–water partition coefficient (Wildman–Crippen LogP) is 4.93. The maximum absolute atomic E-state index is 12.9. The molecule has 1 atom stereocenters. The van der Waals surface area contributed by atoms with Gasteiger partial charge in [0, 0.05) is 19.5 Å². The summed E-state index contributed by atoms with van der Waals surface area (Å²) in [6, 6.07) is 3.99. The number of allylic oxidation sites excluding steroid dienone is 3. The Morgan fingerprint density at radius 3 is 2.76 bits per heavy atom. The quantitative estimate of drug-likeness (QED) is 0.370. The molecule has 0 saturated carbocycles. The third-order valence-electron chi connectivity index (χ3n) is 6.02. The van der Waals surface area contributed by atoms with E-state index in [1.807, 2.05) is 37.0 Å². The maximum atomic E-state index is 12.9. The molecule has 1 unspecified atom stereocenters. The minimum Gasteiger partial charge on any atom is -0.462 e. The van der Waals surface area contributed by atoms with Gasteiger partial charge in [-0.15, -0.1) is 0 Å². The summed E-state index contributed by atoms with van der Waals surface area (Å²) < 4.78 is 5.55. The van der Waals surface area contributed by atoms with Gasteiger partial charge in [0.05, 0.1) is 17.9 Å². The number of hydrogen-bond donors (Lipinski definition) is 0. The lowest BCUT2D eigenvalue weighted by Gasteiger charge is -2.26. The predicted molar refractivity (Wildman–Crippen MR) is 130 cm³/mol. The van der Waals surface area contributed by atoms with Crippen molar-refractivity contribution in [2.45, 2.75) is 59.3 Å². The van der Waals surface area contributed by atoms with E-state index in [0.29, 0.717) is 36.6 Å². The van der Waals surface area contributed by atoms with Gasteiger partial charge in [0.15, 0.2) is 6.61 Å². The van der Waals surface area contributed by atoms with Gasteiger partial charge >= 0.3 is 5.97 Å². The van der Waals surface area contributed by atoms with Crippen LogP contribution in [0.4, 0.5) is 0 Å². The number of piperidine rings is 1. The fourth-order valence-electron chi connectivity index (χ4n) is 4.33. The zero-order valence-corrected chi connectivity index (χ0v) is 20.1. The summed E-state index contributed by atoms with van der Waals surface area (Å²) in [6.45, 7) is 7.95. The Balaban J connectivity index is 1.83. The van der Waals surface area contributed by atoms with Gasteiger partial charge in [-0.2, -0.15) is 0 Å². The van der Waals surface area contributed by atoms with E-state index in [4.69, 9.17) is 9.57 Å². The van der Waals surface area contributed by atoms with Crippen molar-refractivity contribution in [2.24, 2.45) is 11.1 Å². The lowest BCUT2D eigenvalue weighted by atomic mass is 9.94. The highest BCUT2D eigenvalue weighted by Crippen LogP contribution is 2.21. The van der Waals surface area contributed by atoms with Gasteiger partial charge in [0.25, 0.3) is 5.91 Å². The average molecular weight is 453 g/mol. The van der Waals surface area contributed by atoms with Crippen LogP contribution in [0.2, 0.25) is 0 Å². The van der Waals surface area contributed by atoms with Crippen molar-refractivity contribution in [3.63, 3.8) is 0 Å². The first-order chi connectivity index (χ1) is 15.9. The number of oxime groups is 1. The Labute approximate surface area is 197 Å². The van der Waals surface area contributed by atoms with E-state index in [0.717, 1.165) is 49.0 Å². The van der Waals surface area contributed by atoms with E-state index in [-0.39, 0.29) is 18.5 Å². The molecule has 6 nitrogen and oxygen atoms in total. The summed E-state index contributed by atoms with van der Waals surface area (Å²) in [4.78, 5) is 32.7. The molecule has 0 aliphatic carbocycles. The maximum Gasteiger partial charge on any atom is 0.338 e. The average Bonchev–Trinajstić information content (AvgIpc) is 2.78. The van der Waals surface area contributed by atoms with Crippen molar-refractivity contribution in [3.05, 3.63) is 58.7 Å². The van der Waals surface area contributed by atoms with Crippen LogP contribution in [0.25, 0.3) is 0 Å². The molecule has 2 aliphatic heterocycles. The molecule has 0 N–H and O–H groups in total. The number of carbonyl (C=O) groups is 2.